The van der Waals surface area contributed by atoms with Gasteiger partial charge in [0.05, 0.1) is 19.7 Å². The predicted molar refractivity (Wildman–Crippen MR) is 82.6 cm³/mol. The Bertz CT molecular complexity index is 687. The summed E-state index contributed by atoms with van der Waals surface area (Å²) in [5, 5.41) is 6.66. The number of hydrogen-bond donors (Lipinski definition) is 1. The number of carbonyl (C=O) groups excluding carboxylic acids is 1. The van der Waals surface area contributed by atoms with Crippen molar-refractivity contribution in [2.75, 3.05) is 14.2 Å². The van der Waals surface area contributed by atoms with Crippen molar-refractivity contribution in [1.29, 1.82) is 0 Å². The van der Waals surface area contributed by atoms with Crippen LogP contribution in [0.2, 0.25) is 0 Å². The fraction of sp³-hybridized carbons (Fsp3) is 0.375. The number of benzene rings is 1. The topological polar surface area (TPSA) is 67.6 Å². The maximum absolute atomic E-state index is 13.4. The van der Waals surface area contributed by atoms with Crippen molar-refractivity contribution in [3.05, 3.63) is 47.1 Å². The van der Waals surface area contributed by atoms with Crippen LogP contribution >= 0.6 is 0 Å². The number of methoxy groups -OCH3 is 1. The Morgan fingerprint density at radius 3 is 2.83 bits per heavy atom. The molecule has 1 unspecified atom stereocenters. The van der Waals surface area contributed by atoms with Gasteiger partial charge in [0.25, 0.3) is 0 Å². The lowest BCUT2D eigenvalue weighted by Gasteiger charge is -2.22. The van der Waals surface area contributed by atoms with Crippen LogP contribution in [0.4, 0.5) is 9.18 Å². The number of nitrogens with one attached hydrogen (secondary N) is 1. The second-order valence-electron chi connectivity index (χ2n) is 5.34. The van der Waals surface area contributed by atoms with E-state index in [0.717, 1.165) is 0 Å². The Kier molecular flexibility index (Phi) is 5.20. The van der Waals surface area contributed by atoms with Gasteiger partial charge in [-0.2, -0.15) is 0 Å². The van der Waals surface area contributed by atoms with Gasteiger partial charge in [-0.15, -0.1) is 0 Å². The summed E-state index contributed by atoms with van der Waals surface area (Å²) in [6.07, 6.45) is 0. The van der Waals surface area contributed by atoms with Crippen molar-refractivity contribution in [3.8, 4) is 5.75 Å². The molecule has 1 N–H and O–H groups in total. The van der Waals surface area contributed by atoms with Gasteiger partial charge < -0.3 is 19.5 Å². The van der Waals surface area contributed by atoms with Crippen molar-refractivity contribution in [3.63, 3.8) is 0 Å². The maximum atomic E-state index is 13.4. The highest BCUT2D eigenvalue weighted by atomic mass is 19.1. The Morgan fingerprint density at radius 1 is 1.48 bits per heavy atom. The summed E-state index contributed by atoms with van der Waals surface area (Å²) in [5.74, 6) is 0.828. The van der Waals surface area contributed by atoms with E-state index in [1.54, 1.807) is 27.0 Å². The van der Waals surface area contributed by atoms with Crippen molar-refractivity contribution in [2.24, 2.45) is 0 Å². The molecule has 2 aromatic rings. The van der Waals surface area contributed by atoms with Crippen LogP contribution in [0.25, 0.3) is 0 Å². The standard InChI is InChI=1S/C16H20FN3O3/c1-10-7-13(19-23-10)9-20(3)16(21)18-11(2)14-8-12(17)5-6-15(14)22-4/h5-8,11H,9H2,1-4H3,(H,18,21). The molecule has 1 aromatic carbocycles. The lowest BCUT2D eigenvalue weighted by molar-refractivity contribution is 0.202. The summed E-state index contributed by atoms with van der Waals surface area (Å²) < 4.78 is 23.6. The minimum Gasteiger partial charge on any atom is -0.496 e. The molecule has 0 saturated carbocycles. The molecule has 0 bridgehead atoms. The van der Waals surface area contributed by atoms with Crippen molar-refractivity contribution in [2.45, 2.75) is 26.4 Å². The van der Waals surface area contributed by atoms with E-state index >= 15 is 0 Å². The molecule has 124 valence electrons. The molecule has 2 rings (SSSR count). The molecule has 0 aliphatic rings. The fourth-order valence-electron chi connectivity index (χ4n) is 2.22. The molecule has 23 heavy (non-hydrogen) atoms. The smallest absolute Gasteiger partial charge is 0.317 e. The number of aryl methyl sites for hydroxylation is 1. The number of halogens is 1. The van der Waals surface area contributed by atoms with E-state index in [0.29, 0.717) is 29.3 Å². The van der Waals surface area contributed by atoms with E-state index in [4.69, 9.17) is 9.26 Å². The second-order valence-corrected chi connectivity index (χ2v) is 5.34. The monoisotopic (exact) mass is 321 g/mol. The minimum absolute atomic E-state index is 0.301. The molecule has 0 aliphatic heterocycles. The first-order chi connectivity index (χ1) is 10.9. The summed E-state index contributed by atoms with van der Waals surface area (Å²) in [5.41, 5.74) is 1.24. The number of ether oxygens (including phenoxy) is 1. The van der Waals surface area contributed by atoms with E-state index in [2.05, 4.69) is 10.5 Å². The zero-order valence-corrected chi connectivity index (χ0v) is 13.6. The highest BCUT2D eigenvalue weighted by Crippen LogP contribution is 2.25. The molecule has 0 radical (unpaired) electrons. The van der Waals surface area contributed by atoms with Gasteiger partial charge in [0.15, 0.2) is 0 Å². The van der Waals surface area contributed by atoms with E-state index in [-0.39, 0.29) is 11.8 Å². The van der Waals surface area contributed by atoms with Gasteiger partial charge in [-0.25, -0.2) is 9.18 Å². The first kappa shape index (κ1) is 16.8. The van der Waals surface area contributed by atoms with Crippen molar-refractivity contribution >= 4 is 6.03 Å². The Balaban J connectivity index is 2.02. The van der Waals surface area contributed by atoms with Crippen LogP contribution in [0.15, 0.2) is 28.8 Å². The molecular weight excluding hydrogens is 301 g/mol. The highest BCUT2D eigenvalue weighted by Gasteiger charge is 2.18. The molecule has 0 spiro atoms. The van der Waals surface area contributed by atoms with E-state index in [1.165, 1.54) is 30.2 Å². The number of aromatic nitrogens is 1. The van der Waals surface area contributed by atoms with E-state index < -0.39 is 6.04 Å². The molecule has 6 nitrogen and oxygen atoms in total. The van der Waals surface area contributed by atoms with Crippen LogP contribution in [-0.2, 0) is 6.54 Å². The number of urea groups is 1. The van der Waals surface area contributed by atoms with Crippen LogP contribution in [0.1, 0.15) is 30.0 Å². The van der Waals surface area contributed by atoms with Crippen LogP contribution in [0, 0.1) is 12.7 Å². The van der Waals surface area contributed by atoms with Gasteiger partial charge in [-0.1, -0.05) is 5.16 Å². The Morgan fingerprint density at radius 2 is 2.22 bits per heavy atom. The number of hydrogen-bond acceptors (Lipinski definition) is 4. The molecule has 1 heterocycles. The van der Waals surface area contributed by atoms with Gasteiger partial charge in [0.2, 0.25) is 0 Å². The molecule has 7 heteroatoms. The molecule has 0 aliphatic carbocycles. The Labute approximate surface area is 134 Å². The summed E-state index contributed by atoms with van der Waals surface area (Å²) in [4.78, 5) is 13.7. The van der Waals surface area contributed by atoms with Crippen LogP contribution in [-0.4, -0.2) is 30.2 Å². The quantitative estimate of drug-likeness (QED) is 0.919. The van der Waals surface area contributed by atoms with Gasteiger partial charge in [-0.3, -0.25) is 0 Å². The average Bonchev–Trinajstić information content (AvgIpc) is 2.92. The molecule has 0 fully saturated rings. The SMILES string of the molecule is COc1ccc(F)cc1C(C)NC(=O)N(C)Cc1cc(C)on1. The summed E-state index contributed by atoms with van der Waals surface area (Å²) in [7, 11) is 3.15. The average molecular weight is 321 g/mol. The summed E-state index contributed by atoms with van der Waals surface area (Å²) in [6.45, 7) is 3.87. The van der Waals surface area contributed by atoms with Gasteiger partial charge in [0, 0.05) is 18.7 Å². The van der Waals surface area contributed by atoms with Crippen LogP contribution in [0.5, 0.6) is 5.75 Å². The minimum atomic E-state index is -0.408. The van der Waals surface area contributed by atoms with E-state index in [9.17, 15) is 9.18 Å². The molecular formula is C16H20FN3O3. The third-order valence-corrected chi connectivity index (χ3v) is 3.42. The molecule has 0 saturated heterocycles. The number of carbonyl (C=O) groups is 1. The summed E-state index contributed by atoms with van der Waals surface area (Å²) in [6, 6.07) is 5.26. The van der Waals surface area contributed by atoms with E-state index in [1.807, 2.05) is 0 Å². The van der Waals surface area contributed by atoms with Gasteiger partial charge in [0.1, 0.15) is 23.0 Å². The molecule has 2 amide bonds. The highest BCUT2D eigenvalue weighted by molar-refractivity contribution is 5.74. The van der Waals surface area contributed by atoms with Gasteiger partial charge >= 0.3 is 6.03 Å². The molecule has 1 atom stereocenters. The van der Waals surface area contributed by atoms with Crippen LogP contribution in [0.3, 0.4) is 0 Å². The lowest BCUT2D eigenvalue weighted by atomic mass is 10.1. The van der Waals surface area contributed by atoms with Crippen molar-refractivity contribution in [1.82, 2.24) is 15.4 Å². The number of rotatable bonds is 5. The van der Waals surface area contributed by atoms with Crippen LogP contribution < -0.4 is 10.1 Å². The third-order valence-electron chi connectivity index (χ3n) is 3.42. The zero-order valence-electron chi connectivity index (χ0n) is 13.6. The predicted octanol–water partition coefficient (Wildman–Crippen LogP) is 3.03. The Hall–Kier alpha value is -2.57. The third kappa shape index (κ3) is 4.21. The number of amides is 2. The molecule has 1 aromatic heterocycles. The summed E-state index contributed by atoms with van der Waals surface area (Å²) >= 11 is 0. The second kappa shape index (κ2) is 7.13. The fourth-order valence-corrected chi connectivity index (χ4v) is 2.22. The normalized spacial score (nSPS) is 11.9. The van der Waals surface area contributed by atoms with Crippen molar-refractivity contribution < 1.29 is 18.4 Å². The maximum Gasteiger partial charge on any atom is 0.317 e. The first-order valence-electron chi connectivity index (χ1n) is 7.18. The first-order valence-corrected chi connectivity index (χ1v) is 7.18. The lowest BCUT2D eigenvalue weighted by Crippen LogP contribution is -2.38. The largest absolute Gasteiger partial charge is 0.496 e. The van der Waals surface area contributed by atoms with Gasteiger partial charge in [-0.05, 0) is 32.0 Å². The number of nitrogens with zero attached hydrogens (tertiary/aromatic N) is 2. The zero-order chi connectivity index (χ0) is 17.0.